The molecular formula is C53H62F3N2O2+. The van der Waals surface area contributed by atoms with E-state index < -0.39 is 17.2 Å². The summed E-state index contributed by atoms with van der Waals surface area (Å²) in [6, 6.07) is 28.3. The Kier molecular flexibility index (Phi) is 12.1. The SMILES string of the molecule is Cc1ccc2c(c1)C1(CCCCC1)C(/C=C/C=C1/N(CCc3ccc(OC(C)C)cc3)c3ccc(C(F)(F)F)cc3C13CCCCC3)=[N+]2CCc1ccc(OC(C)C)cc1. The van der Waals surface area contributed by atoms with Crippen molar-refractivity contribution in [2.45, 2.75) is 141 Å². The van der Waals surface area contributed by atoms with E-state index in [9.17, 15) is 13.2 Å². The molecule has 4 nitrogen and oxygen atoms in total. The van der Waals surface area contributed by atoms with Crippen LogP contribution in [0.25, 0.3) is 0 Å². The maximum Gasteiger partial charge on any atom is 0.416 e. The number of aryl methyl sites for hydroxylation is 1. The molecule has 2 aliphatic heterocycles. The zero-order valence-corrected chi connectivity index (χ0v) is 36.2. The molecule has 0 atom stereocenters. The summed E-state index contributed by atoms with van der Waals surface area (Å²) in [4.78, 5) is 2.35. The lowest BCUT2D eigenvalue weighted by Gasteiger charge is -2.37. The lowest BCUT2D eigenvalue weighted by molar-refractivity contribution is -0.437. The molecule has 2 heterocycles. The predicted octanol–water partition coefficient (Wildman–Crippen LogP) is 13.5. The van der Waals surface area contributed by atoms with Gasteiger partial charge in [0.1, 0.15) is 11.5 Å². The molecule has 316 valence electrons. The summed E-state index contributed by atoms with van der Waals surface area (Å²) in [6.07, 6.45) is 15.0. The summed E-state index contributed by atoms with van der Waals surface area (Å²) in [6.45, 7) is 11.9. The average molecular weight is 816 g/mol. The van der Waals surface area contributed by atoms with Crippen LogP contribution in [0.3, 0.4) is 0 Å². The van der Waals surface area contributed by atoms with Crippen molar-refractivity contribution in [2.75, 3.05) is 18.0 Å². The standard InChI is InChI=1S/C53H62F3N2O2/c1-37(2)59-43-21-16-40(17-22-43)27-33-57-47-25-15-39(5)35-45(47)51(29-8-6-9-30-51)49(57)13-12-14-50-52(31-10-7-11-32-52)46-36-42(53(54,55)56)20-26-48(46)58(50)34-28-41-18-23-44(24-19-41)60-38(3)4/h12-26,35-38H,6-11,27-34H2,1-5H3/q+1. The van der Waals surface area contributed by atoms with Crippen LogP contribution in [0, 0.1) is 6.92 Å². The minimum absolute atomic E-state index is 0.0719. The first kappa shape index (κ1) is 41.9. The molecule has 60 heavy (non-hydrogen) atoms. The zero-order valence-electron chi connectivity index (χ0n) is 36.2. The Bertz CT molecular complexity index is 2240. The fourth-order valence-electron chi connectivity index (χ4n) is 10.7. The second-order valence-electron chi connectivity index (χ2n) is 18.3. The first-order chi connectivity index (χ1) is 28.9. The fraction of sp³-hybridized carbons (Fsp3) is 0.453. The summed E-state index contributed by atoms with van der Waals surface area (Å²) < 4.78 is 57.6. The van der Waals surface area contributed by atoms with Crippen LogP contribution >= 0.6 is 0 Å². The van der Waals surface area contributed by atoms with Crippen LogP contribution in [0.15, 0.2) is 109 Å². The van der Waals surface area contributed by atoms with Gasteiger partial charge in [0, 0.05) is 47.5 Å². The largest absolute Gasteiger partial charge is 0.491 e. The molecule has 2 aliphatic carbocycles. The van der Waals surface area contributed by atoms with Gasteiger partial charge in [0.25, 0.3) is 0 Å². The number of rotatable bonds is 12. The predicted molar refractivity (Wildman–Crippen MR) is 238 cm³/mol. The molecule has 2 saturated carbocycles. The number of allylic oxidation sites excluding steroid dienone is 4. The smallest absolute Gasteiger partial charge is 0.416 e. The van der Waals surface area contributed by atoms with Crippen LogP contribution in [0.2, 0.25) is 0 Å². The number of hydrogen-bond acceptors (Lipinski definition) is 3. The summed E-state index contributed by atoms with van der Waals surface area (Å²) in [5.74, 6) is 1.73. The molecule has 2 fully saturated rings. The van der Waals surface area contributed by atoms with Gasteiger partial charge in [-0.25, -0.2) is 0 Å². The van der Waals surface area contributed by atoms with E-state index in [0.29, 0.717) is 6.54 Å². The Morgan fingerprint density at radius 1 is 0.683 bits per heavy atom. The van der Waals surface area contributed by atoms with Gasteiger partial charge in [0.05, 0.1) is 23.2 Å². The summed E-state index contributed by atoms with van der Waals surface area (Å²) >= 11 is 0. The molecule has 0 radical (unpaired) electrons. The number of nitrogens with zero attached hydrogens (tertiary/aromatic N) is 2. The van der Waals surface area contributed by atoms with Crippen LogP contribution in [0.4, 0.5) is 24.5 Å². The van der Waals surface area contributed by atoms with E-state index in [1.54, 1.807) is 6.07 Å². The molecule has 0 saturated heterocycles. The lowest BCUT2D eigenvalue weighted by Crippen LogP contribution is -2.37. The Morgan fingerprint density at radius 2 is 1.27 bits per heavy atom. The third-order valence-electron chi connectivity index (χ3n) is 13.4. The van der Waals surface area contributed by atoms with Crippen LogP contribution < -0.4 is 14.4 Å². The summed E-state index contributed by atoms with van der Waals surface area (Å²) in [7, 11) is 0. The van der Waals surface area contributed by atoms with Gasteiger partial charge in [-0.3, -0.25) is 0 Å². The van der Waals surface area contributed by atoms with Crippen molar-refractivity contribution in [3.63, 3.8) is 0 Å². The minimum atomic E-state index is -4.41. The van der Waals surface area contributed by atoms with Crippen molar-refractivity contribution < 1.29 is 27.2 Å². The first-order valence-corrected chi connectivity index (χ1v) is 22.5. The Hall–Kier alpha value is -4.78. The third-order valence-corrected chi connectivity index (χ3v) is 13.4. The highest BCUT2D eigenvalue weighted by atomic mass is 19.4. The second kappa shape index (κ2) is 17.3. The molecule has 4 aromatic carbocycles. The van der Waals surface area contributed by atoms with Crippen molar-refractivity contribution in [1.82, 2.24) is 0 Å². The molecule has 0 N–H and O–H groups in total. The van der Waals surface area contributed by atoms with Crippen LogP contribution in [0.1, 0.15) is 125 Å². The number of halogens is 3. The molecule has 0 unspecified atom stereocenters. The molecular weight excluding hydrogens is 754 g/mol. The highest BCUT2D eigenvalue weighted by Gasteiger charge is 2.52. The molecule has 4 aromatic rings. The topological polar surface area (TPSA) is 24.7 Å². The van der Waals surface area contributed by atoms with Gasteiger partial charge >= 0.3 is 6.18 Å². The number of anilines is 1. The van der Waals surface area contributed by atoms with Gasteiger partial charge < -0.3 is 14.4 Å². The second-order valence-corrected chi connectivity index (χ2v) is 18.3. The van der Waals surface area contributed by atoms with E-state index in [4.69, 9.17) is 9.47 Å². The Morgan fingerprint density at radius 3 is 1.85 bits per heavy atom. The highest BCUT2D eigenvalue weighted by Crippen LogP contribution is 2.56. The van der Waals surface area contributed by atoms with E-state index in [1.165, 1.54) is 65.0 Å². The molecule has 0 aromatic heterocycles. The molecule has 0 amide bonds. The number of ether oxygens (including phenoxy) is 2. The maximum absolute atomic E-state index is 14.4. The third kappa shape index (κ3) is 8.43. The highest BCUT2D eigenvalue weighted by molar-refractivity contribution is 6.04. The van der Waals surface area contributed by atoms with E-state index in [1.807, 2.05) is 39.8 Å². The van der Waals surface area contributed by atoms with E-state index in [0.717, 1.165) is 92.8 Å². The number of benzene rings is 4. The monoisotopic (exact) mass is 815 g/mol. The van der Waals surface area contributed by atoms with E-state index >= 15 is 0 Å². The van der Waals surface area contributed by atoms with Gasteiger partial charge in [-0.2, -0.15) is 17.7 Å². The maximum atomic E-state index is 14.4. The van der Waals surface area contributed by atoms with Gasteiger partial charge in [-0.15, -0.1) is 0 Å². The molecule has 4 aliphatic rings. The van der Waals surface area contributed by atoms with Gasteiger partial charge in [0.2, 0.25) is 5.69 Å². The normalized spacial score (nSPS) is 19.0. The molecule has 0 bridgehead atoms. The van der Waals surface area contributed by atoms with Crippen molar-refractivity contribution in [1.29, 1.82) is 0 Å². The average Bonchev–Trinajstić information content (AvgIpc) is 3.60. The van der Waals surface area contributed by atoms with Crippen molar-refractivity contribution in [2.24, 2.45) is 0 Å². The summed E-state index contributed by atoms with van der Waals surface area (Å²) in [5.41, 5.74) is 9.60. The molecule has 2 spiro atoms. The number of alkyl halides is 3. The molecule has 7 heteroatoms. The Balaban J connectivity index is 1.20. The number of hydrogen-bond donors (Lipinski definition) is 0. The fourth-order valence-corrected chi connectivity index (χ4v) is 10.7. The Labute approximate surface area is 355 Å². The van der Waals surface area contributed by atoms with Crippen molar-refractivity contribution in [3.8, 4) is 11.5 Å². The van der Waals surface area contributed by atoms with Gasteiger partial charge in [0.15, 0.2) is 12.3 Å². The van der Waals surface area contributed by atoms with E-state index in [-0.39, 0.29) is 17.6 Å². The lowest BCUT2D eigenvalue weighted by atomic mass is 9.67. The van der Waals surface area contributed by atoms with Gasteiger partial charge in [-0.1, -0.05) is 80.5 Å². The minimum Gasteiger partial charge on any atom is -0.491 e. The van der Waals surface area contributed by atoms with Crippen molar-refractivity contribution >= 4 is 17.1 Å². The number of fused-ring (bicyclic) bond motifs is 4. The van der Waals surface area contributed by atoms with Crippen LogP contribution in [-0.4, -0.2) is 35.6 Å². The van der Waals surface area contributed by atoms with E-state index in [2.05, 4.69) is 89.2 Å². The van der Waals surface area contributed by atoms with Crippen LogP contribution in [0.5, 0.6) is 11.5 Å². The van der Waals surface area contributed by atoms with Crippen molar-refractivity contribution in [3.05, 3.63) is 142 Å². The quantitative estimate of drug-likeness (QED) is 0.133. The summed E-state index contributed by atoms with van der Waals surface area (Å²) in [5, 5.41) is 0. The van der Waals surface area contributed by atoms with Gasteiger partial charge in [-0.05, 0) is 138 Å². The zero-order chi connectivity index (χ0) is 42.1. The molecule has 8 rings (SSSR count). The first-order valence-electron chi connectivity index (χ1n) is 22.5. The van der Waals surface area contributed by atoms with Crippen LogP contribution in [-0.2, 0) is 29.8 Å².